The van der Waals surface area contributed by atoms with E-state index in [1.54, 1.807) is 43.2 Å². The maximum atomic E-state index is 14.3. The number of nitrogens with one attached hydrogen (secondary N) is 1. The summed E-state index contributed by atoms with van der Waals surface area (Å²) in [7, 11) is 6.72. The van der Waals surface area contributed by atoms with Crippen molar-refractivity contribution in [2.45, 2.75) is 121 Å². The van der Waals surface area contributed by atoms with Crippen LogP contribution in [0.4, 0.5) is 0 Å². The highest BCUT2D eigenvalue weighted by atomic mass is 33.1. The molecule has 3 aliphatic rings. The minimum Gasteiger partial charge on any atom is -0.508 e. The summed E-state index contributed by atoms with van der Waals surface area (Å²) in [5.74, 6) is 2.28. The van der Waals surface area contributed by atoms with Gasteiger partial charge in [0.2, 0.25) is 11.2 Å². The number of hydrogen-bond acceptors (Lipinski definition) is 13. The third-order valence-electron chi connectivity index (χ3n) is 11.3. The van der Waals surface area contributed by atoms with E-state index < -0.39 is 29.5 Å². The van der Waals surface area contributed by atoms with Crippen molar-refractivity contribution in [1.29, 1.82) is 0 Å². The van der Waals surface area contributed by atoms with Crippen LogP contribution in [0.2, 0.25) is 0 Å². The molecule has 1 aromatic heterocycles. The summed E-state index contributed by atoms with van der Waals surface area (Å²) in [4.78, 5) is 14.3. The zero-order valence-corrected chi connectivity index (χ0v) is 36.0. The van der Waals surface area contributed by atoms with Gasteiger partial charge in [0.05, 0.1) is 12.2 Å². The van der Waals surface area contributed by atoms with E-state index in [1.165, 1.54) is 49.8 Å². The smallest absolute Gasteiger partial charge is 0.238 e. The van der Waals surface area contributed by atoms with E-state index in [0.717, 1.165) is 34.6 Å². The van der Waals surface area contributed by atoms with Gasteiger partial charge in [-0.2, -0.15) is 0 Å². The largest absolute Gasteiger partial charge is 0.508 e. The number of rotatable bonds is 7. The molecule has 57 heavy (non-hydrogen) atoms. The maximum Gasteiger partial charge on any atom is 0.238 e. The lowest BCUT2D eigenvalue weighted by atomic mass is 9.88. The van der Waals surface area contributed by atoms with E-state index in [2.05, 4.69) is 43.4 Å². The van der Waals surface area contributed by atoms with Crippen LogP contribution in [0.5, 0.6) is 23.0 Å². The minimum atomic E-state index is -0.874. The molecule has 13 heteroatoms. The van der Waals surface area contributed by atoms with Crippen molar-refractivity contribution in [3.63, 3.8) is 0 Å². The molecule has 3 heterocycles. The average Bonchev–Trinajstić information content (AvgIpc) is 3.23. The van der Waals surface area contributed by atoms with E-state index in [1.807, 2.05) is 6.07 Å². The average molecular weight is 854 g/mol. The van der Waals surface area contributed by atoms with E-state index >= 15 is 0 Å². The lowest BCUT2D eigenvalue weighted by Crippen LogP contribution is -2.35. The van der Waals surface area contributed by atoms with Gasteiger partial charge >= 0.3 is 0 Å². The van der Waals surface area contributed by atoms with Crippen LogP contribution in [-0.2, 0) is 18.6 Å². The number of aliphatic hydroxyl groups excluding tert-OH is 2. The molecule has 4 aromatic rings. The summed E-state index contributed by atoms with van der Waals surface area (Å²) in [5.41, 5.74) is 4.30. The zero-order valence-electron chi connectivity index (χ0n) is 32.7. The molecule has 7 rings (SSSR count). The Morgan fingerprint density at radius 1 is 0.860 bits per heavy atom. The second-order valence-electron chi connectivity index (χ2n) is 16.1. The van der Waals surface area contributed by atoms with Gasteiger partial charge in [0, 0.05) is 64.8 Å². The minimum absolute atomic E-state index is 0.00787. The molecule has 0 amide bonds. The first kappa shape index (κ1) is 42.5. The first-order valence-electron chi connectivity index (χ1n) is 20.3. The first-order chi connectivity index (χ1) is 27.5. The van der Waals surface area contributed by atoms with Crippen LogP contribution in [0.1, 0.15) is 105 Å². The topological polar surface area (TPSA) is 153 Å². The van der Waals surface area contributed by atoms with Crippen molar-refractivity contribution in [3.05, 3.63) is 80.5 Å². The normalized spacial score (nSPS) is 23.0. The predicted molar refractivity (Wildman–Crippen MR) is 237 cm³/mol. The molecule has 3 aromatic carbocycles. The highest BCUT2D eigenvalue weighted by Crippen LogP contribution is 2.45. The number of fused-ring (bicyclic) bond motifs is 4. The summed E-state index contributed by atoms with van der Waals surface area (Å²) >= 11 is 0. The van der Waals surface area contributed by atoms with Crippen molar-refractivity contribution >= 4 is 54.1 Å². The van der Waals surface area contributed by atoms with Gasteiger partial charge in [-0.05, 0) is 79.2 Å². The molecule has 2 aliphatic heterocycles. The molecule has 4 atom stereocenters. The van der Waals surface area contributed by atoms with Gasteiger partial charge in [0.1, 0.15) is 34.3 Å². The monoisotopic (exact) mass is 853 g/mol. The van der Waals surface area contributed by atoms with Crippen LogP contribution in [0.3, 0.4) is 0 Å². The Balaban J connectivity index is 1.30. The fourth-order valence-electron chi connectivity index (χ4n) is 8.31. The Labute approximate surface area is 350 Å². The molecular weight excluding hydrogens is 799 g/mol. The molecule has 9 nitrogen and oxygen atoms in total. The number of phenolic OH excluding ortho intramolecular Hbond substituents is 2. The zero-order chi connectivity index (χ0) is 40.1. The third kappa shape index (κ3) is 10.4. The van der Waals surface area contributed by atoms with Gasteiger partial charge in [-0.1, -0.05) is 101 Å². The Morgan fingerprint density at radius 2 is 1.67 bits per heavy atom. The van der Waals surface area contributed by atoms with Gasteiger partial charge in [0.15, 0.2) is 5.76 Å². The van der Waals surface area contributed by atoms with E-state index in [4.69, 9.17) is 9.15 Å². The Hall–Kier alpha value is -2.65. The summed E-state index contributed by atoms with van der Waals surface area (Å²) in [6.45, 7) is 4.16. The lowest BCUT2D eigenvalue weighted by Gasteiger charge is -2.29. The molecule has 1 saturated heterocycles. The second-order valence-corrected chi connectivity index (χ2v) is 21.3. The summed E-state index contributed by atoms with van der Waals surface area (Å²) in [6, 6.07) is 13.8. The molecular formula is C44H55NO8S4. The van der Waals surface area contributed by atoms with Crippen molar-refractivity contribution in [2.24, 2.45) is 5.92 Å². The number of aromatic hydroxyl groups is 3. The van der Waals surface area contributed by atoms with Gasteiger partial charge in [-0.15, -0.1) is 0 Å². The molecule has 0 spiro atoms. The highest BCUT2D eigenvalue weighted by molar-refractivity contribution is 8.76. The fourth-order valence-corrected chi connectivity index (χ4v) is 13.0. The molecule has 0 radical (unpaired) electrons. The van der Waals surface area contributed by atoms with Gasteiger partial charge in [-0.3, -0.25) is 4.79 Å². The van der Waals surface area contributed by atoms with Gasteiger partial charge < -0.3 is 40.0 Å². The Kier molecular flexibility index (Phi) is 14.6. The van der Waals surface area contributed by atoms with Crippen molar-refractivity contribution in [1.82, 2.24) is 5.32 Å². The Bertz CT molecular complexity index is 2070. The molecule has 2 bridgehead atoms. The van der Waals surface area contributed by atoms with E-state index in [9.17, 15) is 30.3 Å². The fraction of sp³-hybridized carbons (Fsp3) is 0.523. The second kappa shape index (κ2) is 19.6. The quantitative estimate of drug-likeness (QED) is 0.0980. The third-order valence-corrected chi connectivity index (χ3v) is 16.1. The van der Waals surface area contributed by atoms with Gasteiger partial charge in [0.25, 0.3) is 0 Å². The number of ether oxygens (including phenoxy) is 1. The van der Waals surface area contributed by atoms with Crippen molar-refractivity contribution in [2.75, 3.05) is 17.3 Å². The molecule has 0 unspecified atom stereocenters. The molecule has 308 valence electrons. The SMILES string of the molecule is CC(C)Cc1cc(-c2oc3cc(O)cc(O[C@H]4CC[C@@H](O)CSSCCC[C@H]4O)c3c(=O)c2O)c2c(c1O)Cc1cccc(c1)[C@@H](NC1CCCCC1)CSSC2. The summed E-state index contributed by atoms with van der Waals surface area (Å²) in [6.07, 6.45) is 6.89. The van der Waals surface area contributed by atoms with Crippen LogP contribution < -0.4 is 15.5 Å². The van der Waals surface area contributed by atoms with Crippen molar-refractivity contribution in [3.8, 4) is 34.3 Å². The Morgan fingerprint density at radius 3 is 2.47 bits per heavy atom. The molecule has 1 aliphatic carbocycles. The van der Waals surface area contributed by atoms with Crippen LogP contribution in [0, 0.1) is 5.92 Å². The predicted octanol–water partition coefficient (Wildman–Crippen LogP) is 9.65. The number of hydrogen-bond donors (Lipinski definition) is 6. The lowest BCUT2D eigenvalue weighted by molar-refractivity contribution is 0.0190. The molecule has 1 saturated carbocycles. The molecule has 6 N–H and O–H groups in total. The van der Waals surface area contributed by atoms with Crippen LogP contribution in [0.15, 0.2) is 51.7 Å². The standard InChI is InChI=1S/C44H55NO8S4/c1-25(2)16-28-19-33(34-23-56-57-24-35(45-29-10-4-3-5-11-29)27-9-6-8-26(17-27)18-32(34)41(28)49)44-43(51)42(50)40-38(20-31(47)21-39(40)53-44)52-37-14-13-30(46)22-55-54-15-7-12-36(37)48/h6,8-9,17,19-21,25,29-30,35-37,45-49,51H,3-5,7,10-16,18,22-24H2,1-2H3/t30-,35+,36-,37+/m1/s1. The number of benzene rings is 3. The highest BCUT2D eigenvalue weighted by Gasteiger charge is 2.30. The molecule has 2 fully saturated rings. The number of aliphatic hydroxyl groups is 2. The van der Waals surface area contributed by atoms with E-state index in [0.29, 0.717) is 60.8 Å². The van der Waals surface area contributed by atoms with Crippen molar-refractivity contribution < 1.29 is 34.7 Å². The maximum absolute atomic E-state index is 14.3. The first-order valence-corrected chi connectivity index (χ1v) is 25.3. The summed E-state index contributed by atoms with van der Waals surface area (Å²) < 4.78 is 12.8. The van der Waals surface area contributed by atoms with Crippen LogP contribution in [0.25, 0.3) is 22.3 Å². The van der Waals surface area contributed by atoms with Crippen LogP contribution >= 0.6 is 43.2 Å². The van der Waals surface area contributed by atoms with Gasteiger partial charge in [-0.25, -0.2) is 0 Å². The van der Waals surface area contributed by atoms with Crippen LogP contribution in [-0.4, -0.2) is 67.1 Å². The van der Waals surface area contributed by atoms with E-state index in [-0.39, 0.29) is 45.9 Å². The summed E-state index contributed by atoms with van der Waals surface area (Å²) in [5, 5.41) is 60.4. The number of phenols is 2.